The SMILES string of the molecule is NCCOCCNC(=O)c1cnn(-c2ccccc2)c1. The number of carbonyl (C=O) groups is 1. The van der Waals surface area contributed by atoms with Crippen LogP contribution in [0.25, 0.3) is 5.69 Å². The molecule has 106 valence electrons. The number of hydrogen-bond donors (Lipinski definition) is 2. The van der Waals surface area contributed by atoms with Crippen molar-refractivity contribution in [2.24, 2.45) is 5.73 Å². The highest BCUT2D eigenvalue weighted by molar-refractivity contribution is 5.93. The Morgan fingerprint density at radius 2 is 2.10 bits per heavy atom. The molecule has 0 radical (unpaired) electrons. The Morgan fingerprint density at radius 1 is 1.30 bits per heavy atom. The van der Waals surface area contributed by atoms with Crippen LogP contribution in [0.15, 0.2) is 42.7 Å². The van der Waals surface area contributed by atoms with E-state index in [0.29, 0.717) is 31.9 Å². The zero-order chi connectivity index (χ0) is 14.2. The maximum atomic E-state index is 11.9. The fourth-order valence-corrected chi connectivity index (χ4v) is 1.69. The average molecular weight is 274 g/mol. The second-order valence-corrected chi connectivity index (χ2v) is 4.17. The molecule has 1 heterocycles. The van der Waals surface area contributed by atoms with Gasteiger partial charge in [-0.3, -0.25) is 4.79 Å². The summed E-state index contributed by atoms with van der Waals surface area (Å²) >= 11 is 0. The summed E-state index contributed by atoms with van der Waals surface area (Å²) in [6.07, 6.45) is 3.24. The number of hydrogen-bond acceptors (Lipinski definition) is 4. The average Bonchev–Trinajstić information content (AvgIpc) is 2.98. The minimum Gasteiger partial charge on any atom is -0.378 e. The molecule has 0 saturated heterocycles. The van der Waals surface area contributed by atoms with Gasteiger partial charge >= 0.3 is 0 Å². The second kappa shape index (κ2) is 7.42. The zero-order valence-electron chi connectivity index (χ0n) is 11.2. The third kappa shape index (κ3) is 3.91. The molecule has 20 heavy (non-hydrogen) atoms. The van der Waals surface area contributed by atoms with E-state index in [0.717, 1.165) is 5.69 Å². The van der Waals surface area contributed by atoms with Gasteiger partial charge in [0.25, 0.3) is 5.91 Å². The zero-order valence-corrected chi connectivity index (χ0v) is 11.2. The number of para-hydroxylation sites is 1. The van der Waals surface area contributed by atoms with Crippen LogP contribution in [0.1, 0.15) is 10.4 Å². The van der Waals surface area contributed by atoms with E-state index in [1.165, 1.54) is 0 Å². The Hall–Kier alpha value is -2.18. The van der Waals surface area contributed by atoms with Crippen LogP contribution in [-0.4, -0.2) is 42.0 Å². The van der Waals surface area contributed by atoms with Gasteiger partial charge in [0.1, 0.15) is 0 Å². The van der Waals surface area contributed by atoms with E-state index in [-0.39, 0.29) is 5.91 Å². The molecule has 0 spiro atoms. The van der Waals surface area contributed by atoms with Gasteiger partial charge in [-0.15, -0.1) is 0 Å². The molecular formula is C14H18N4O2. The molecule has 0 atom stereocenters. The third-order valence-corrected chi connectivity index (χ3v) is 2.66. The monoisotopic (exact) mass is 274 g/mol. The Balaban J connectivity index is 1.87. The summed E-state index contributed by atoms with van der Waals surface area (Å²) in [6.45, 7) is 1.89. The summed E-state index contributed by atoms with van der Waals surface area (Å²) < 4.78 is 6.85. The van der Waals surface area contributed by atoms with Crippen molar-refractivity contribution in [2.75, 3.05) is 26.3 Å². The molecule has 1 aromatic carbocycles. The Kier molecular flexibility index (Phi) is 5.28. The van der Waals surface area contributed by atoms with Gasteiger partial charge in [0.15, 0.2) is 0 Å². The number of benzene rings is 1. The normalized spacial score (nSPS) is 10.4. The predicted octanol–water partition coefficient (Wildman–Crippen LogP) is 0.577. The molecule has 0 bridgehead atoms. The topological polar surface area (TPSA) is 82.2 Å². The summed E-state index contributed by atoms with van der Waals surface area (Å²) in [4.78, 5) is 11.9. The number of carbonyl (C=O) groups excluding carboxylic acids is 1. The standard InChI is InChI=1S/C14H18N4O2/c15-6-8-20-9-7-16-14(19)12-10-17-18(11-12)13-4-2-1-3-5-13/h1-5,10-11H,6-9,15H2,(H,16,19). The lowest BCUT2D eigenvalue weighted by atomic mass is 10.3. The highest BCUT2D eigenvalue weighted by atomic mass is 16.5. The maximum Gasteiger partial charge on any atom is 0.254 e. The molecule has 0 unspecified atom stereocenters. The molecule has 0 saturated carbocycles. The molecule has 0 aliphatic rings. The molecule has 1 amide bonds. The van der Waals surface area contributed by atoms with E-state index >= 15 is 0 Å². The highest BCUT2D eigenvalue weighted by Gasteiger charge is 2.08. The molecule has 1 aromatic heterocycles. The minimum atomic E-state index is -0.163. The van der Waals surface area contributed by atoms with E-state index in [4.69, 9.17) is 10.5 Å². The fraction of sp³-hybridized carbons (Fsp3) is 0.286. The third-order valence-electron chi connectivity index (χ3n) is 2.66. The van der Waals surface area contributed by atoms with Crippen molar-refractivity contribution in [2.45, 2.75) is 0 Å². The van der Waals surface area contributed by atoms with Gasteiger partial charge in [0.05, 0.1) is 30.7 Å². The molecule has 3 N–H and O–H groups in total. The van der Waals surface area contributed by atoms with Gasteiger partial charge in [-0.05, 0) is 12.1 Å². The van der Waals surface area contributed by atoms with Crippen LogP contribution in [-0.2, 0) is 4.74 Å². The molecule has 2 rings (SSSR count). The number of nitrogens with zero attached hydrogens (tertiary/aromatic N) is 2. The largest absolute Gasteiger partial charge is 0.378 e. The Labute approximate surface area is 117 Å². The Bertz CT molecular complexity index is 539. The van der Waals surface area contributed by atoms with Crippen LogP contribution < -0.4 is 11.1 Å². The Morgan fingerprint density at radius 3 is 2.85 bits per heavy atom. The van der Waals surface area contributed by atoms with Crippen molar-refractivity contribution in [3.8, 4) is 5.69 Å². The van der Waals surface area contributed by atoms with Crippen LogP contribution in [0, 0.1) is 0 Å². The van der Waals surface area contributed by atoms with Gasteiger partial charge in [-0.2, -0.15) is 5.10 Å². The van der Waals surface area contributed by atoms with E-state index in [1.54, 1.807) is 17.1 Å². The number of nitrogens with one attached hydrogen (secondary N) is 1. The first kappa shape index (κ1) is 14.2. The molecule has 2 aromatic rings. The highest BCUT2D eigenvalue weighted by Crippen LogP contribution is 2.07. The second-order valence-electron chi connectivity index (χ2n) is 4.17. The van der Waals surface area contributed by atoms with Gasteiger partial charge in [0, 0.05) is 19.3 Å². The molecule has 0 fully saturated rings. The summed E-state index contributed by atoms with van der Waals surface area (Å²) in [5, 5.41) is 6.94. The van der Waals surface area contributed by atoms with Crippen LogP contribution in [0.3, 0.4) is 0 Å². The van der Waals surface area contributed by atoms with Crippen molar-refractivity contribution in [1.82, 2.24) is 15.1 Å². The molecule has 0 aliphatic carbocycles. The van der Waals surface area contributed by atoms with Crippen LogP contribution in [0.5, 0.6) is 0 Å². The van der Waals surface area contributed by atoms with Crippen LogP contribution >= 0.6 is 0 Å². The molecule has 0 aliphatic heterocycles. The lowest BCUT2D eigenvalue weighted by Crippen LogP contribution is -2.27. The van der Waals surface area contributed by atoms with Gasteiger partial charge in [-0.25, -0.2) is 4.68 Å². The lowest BCUT2D eigenvalue weighted by molar-refractivity contribution is 0.0920. The molecule has 6 heteroatoms. The van der Waals surface area contributed by atoms with E-state index < -0.39 is 0 Å². The first-order valence-corrected chi connectivity index (χ1v) is 6.47. The number of amides is 1. The number of ether oxygens (including phenoxy) is 1. The predicted molar refractivity (Wildman–Crippen MR) is 75.8 cm³/mol. The quantitative estimate of drug-likeness (QED) is 0.723. The van der Waals surface area contributed by atoms with E-state index in [9.17, 15) is 4.79 Å². The van der Waals surface area contributed by atoms with Crippen molar-refractivity contribution < 1.29 is 9.53 Å². The summed E-state index contributed by atoms with van der Waals surface area (Å²) in [6, 6.07) is 9.63. The van der Waals surface area contributed by atoms with Gasteiger partial charge < -0.3 is 15.8 Å². The first-order chi connectivity index (χ1) is 9.81. The smallest absolute Gasteiger partial charge is 0.254 e. The fourth-order valence-electron chi connectivity index (χ4n) is 1.69. The van der Waals surface area contributed by atoms with E-state index in [1.807, 2.05) is 30.3 Å². The lowest BCUT2D eigenvalue weighted by Gasteiger charge is -2.04. The summed E-state index contributed by atoms with van der Waals surface area (Å²) in [5.74, 6) is -0.163. The van der Waals surface area contributed by atoms with Gasteiger partial charge in [0.2, 0.25) is 0 Å². The molecular weight excluding hydrogens is 256 g/mol. The summed E-state index contributed by atoms with van der Waals surface area (Å²) in [5.41, 5.74) is 6.73. The van der Waals surface area contributed by atoms with Crippen molar-refractivity contribution in [1.29, 1.82) is 0 Å². The van der Waals surface area contributed by atoms with Crippen molar-refractivity contribution >= 4 is 5.91 Å². The van der Waals surface area contributed by atoms with Gasteiger partial charge in [-0.1, -0.05) is 18.2 Å². The number of aromatic nitrogens is 2. The number of rotatable bonds is 7. The minimum absolute atomic E-state index is 0.163. The van der Waals surface area contributed by atoms with Crippen molar-refractivity contribution in [3.63, 3.8) is 0 Å². The van der Waals surface area contributed by atoms with Crippen LogP contribution in [0.2, 0.25) is 0 Å². The summed E-state index contributed by atoms with van der Waals surface area (Å²) in [7, 11) is 0. The molecule has 6 nitrogen and oxygen atoms in total. The first-order valence-electron chi connectivity index (χ1n) is 6.47. The van der Waals surface area contributed by atoms with Crippen LogP contribution in [0.4, 0.5) is 0 Å². The maximum absolute atomic E-state index is 11.9. The van der Waals surface area contributed by atoms with Crippen molar-refractivity contribution in [3.05, 3.63) is 48.3 Å². The number of nitrogens with two attached hydrogens (primary N) is 1. The van der Waals surface area contributed by atoms with E-state index in [2.05, 4.69) is 10.4 Å².